The van der Waals surface area contributed by atoms with E-state index in [4.69, 9.17) is 3.40 Å². The molecule has 0 bridgehead atoms. The predicted molar refractivity (Wildman–Crippen MR) is 4.30 cm³/mol. The van der Waals surface area contributed by atoms with Crippen molar-refractivity contribution in [2.24, 2.45) is 0 Å². The van der Waals surface area contributed by atoms with Crippen LogP contribution < -0.4 is 0 Å². The van der Waals surface area contributed by atoms with Crippen LogP contribution >= 0.6 is 0 Å². The fourth-order valence-corrected chi connectivity index (χ4v) is 0. The van der Waals surface area contributed by atoms with Gasteiger partial charge >= 0.3 is 23.2 Å². The summed E-state index contributed by atoms with van der Waals surface area (Å²) in [7, 11) is 0. The zero-order valence-electron chi connectivity index (χ0n) is 1.65. The van der Waals surface area contributed by atoms with Crippen molar-refractivity contribution < 1.29 is 45.4 Å². The summed E-state index contributed by atoms with van der Waals surface area (Å²) < 4.78 is 8.26. The molecular weight excluding hydrogens is 187 g/mol. The molecule has 2 N–H and O–H groups in total. The van der Waals surface area contributed by atoms with Crippen LogP contribution in [0.3, 0.4) is 0 Å². The van der Waals surface area contributed by atoms with Gasteiger partial charge in [0, 0.05) is 16.8 Å². The second kappa shape index (κ2) is 37.9. The average molecular weight is 189 g/mol. The Morgan fingerprint density at radius 2 is 1.25 bits per heavy atom. The predicted octanol–water partition coefficient (Wildman–Crippen LogP) is -0.949. The number of hydrogen-bond donors (Lipinski definition) is 0. The third-order valence-electron chi connectivity index (χ3n) is 0. The van der Waals surface area contributed by atoms with Crippen LogP contribution in [-0.4, -0.2) is 5.48 Å². The fraction of sp³-hybridized carbons (Fsp3) is 0. The van der Waals surface area contributed by atoms with Crippen LogP contribution in [-0.2, 0) is 40.0 Å². The van der Waals surface area contributed by atoms with E-state index in [2.05, 4.69) is 0 Å². The van der Waals surface area contributed by atoms with Gasteiger partial charge in [0.05, 0.1) is 0 Å². The zero-order valence-corrected chi connectivity index (χ0v) is 4.70. The Bertz CT molecular complexity index is 6.00. The molecule has 4 heavy (non-hydrogen) atoms. The van der Waals surface area contributed by atoms with Gasteiger partial charge in [0.1, 0.15) is 0 Å². The summed E-state index contributed by atoms with van der Waals surface area (Å²) in [6, 6.07) is 0. The summed E-state index contributed by atoms with van der Waals surface area (Å²) in [6.07, 6.45) is 0. The first kappa shape index (κ1) is 20.3. The van der Waals surface area contributed by atoms with E-state index in [1.165, 1.54) is 0 Å². The third kappa shape index (κ3) is 12.4. The van der Waals surface area contributed by atoms with Crippen LogP contribution in [0.15, 0.2) is 0 Å². The monoisotopic (exact) mass is 191 g/mol. The molecule has 0 aliphatic rings. The van der Waals surface area contributed by atoms with Crippen molar-refractivity contribution in [2.75, 3.05) is 0 Å². The summed E-state index contributed by atoms with van der Waals surface area (Å²) in [5, 5.41) is 0. The van der Waals surface area contributed by atoms with Crippen molar-refractivity contribution in [1.29, 1.82) is 0 Å². The van der Waals surface area contributed by atoms with Gasteiger partial charge in [-0.1, -0.05) is 0 Å². The Hall–Kier alpha value is 0.955. The molecule has 0 aliphatic carbocycles. The van der Waals surface area contributed by atoms with Crippen LogP contribution in [0.5, 0.6) is 0 Å². The van der Waals surface area contributed by atoms with Gasteiger partial charge in [-0.05, 0) is 0 Å². The molecule has 0 aromatic carbocycles. The second-order valence-electron chi connectivity index (χ2n) is 0. The number of hydrogen-bond acceptors (Lipinski definition) is 1. The zero-order chi connectivity index (χ0) is 2.00. The molecule has 0 saturated carbocycles. The van der Waals surface area contributed by atoms with Crippen molar-refractivity contribution in [3.05, 3.63) is 0 Å². The quantitative estimate of drug-likeness (QED) is 0.453. The van der Waals surface area contributed by atoms with Gasteiger partial charge in [-0.3, -0.25) is 0 Å². The van der Waals surface area contributed by atoms with Crippen LogP contribution in [0, 0.1) is 0 Å². The van der Waals surface area contributed by atoms with E-state index in [1.54, 1.807) is 0 Å². The first-order chi connectivity index (χ1) is 1.00. The Morgan fingerprint density at radius 3 is 1.25 bits per heavy atom. The maximum absolute atomic E-state index is 8.26. The Labute approximate surface area is 45.7 Å². The molecule has 0 heterocycles. The van der Waals surface area contributed by atoms with Crippen molar-refractivity contribution >= 4 is 0 Å². The van der Waals surface area contributed by atoms with Crippen molar-refractivity contribution in [1.82, 2.24) is 0 Å². The molecule has 4 heteroatoms. The van der Waals surface area contributed by atoms with Gasteiger partial charge in [0.25, 0.3) is 0 Å². The van der Waals surface area contributed by atoms with Gasteiger partial charge in [-0.15, -0.1) is 0 Å². The first-order valence-electron chi connectivity index (χ1n) is 0.167. The standard InChI is InChI=1S/Co.Mo.H2O.O/h;;1H2;. The molecule has 0 fully saturated rings. The van der Waals surface area contributed by atoms with Crippen molar-refractivity contribution in [2.45, 2.75) is 0 Å². The minimum absolute atomic E-state index is 0. The van der Waals surface area contributed by atoms with Crippen LogP contribution in [0.2, 0.25) is 0 Å². The van der Waals surface area contributed by atoms with E-state index in [1.807, 2.05) is 0 Å². The van der Waals surface area contributed by atoms with Crippen molar-refractivity contribution in [3.63, 3.8) is 0 Å². The maximum atomic E-state index is 8.26. The van der Waals surface area contributed by atoms with Gasteiger partial charge in [0.15, 0.2) is 0 Å². The van der Waals surface area contributed by atoms with E-state index in [9.17, 15) is 0 Å². The Balaban J connectivity index is -0.00000000500. The molecule has 0 unspecified atom stereocenters. The van der Waals surface area contributed by atoms with E-state index in [0.717, 1.165) is 0 Å². The van der Waals surface area contributed by atoms with E-state index in [0.29, 0.717) is 19.8 Å². The van der Waals surface area contributed by atoms with E-state index >= 15 is 0 Å². The second-order valence-corrected chi connectivity index (χ2v) is 0. The molecule has 1 radical (unpaired) electrons. The molecule has 0 atom stereocenters. The normalized spacial score (nSPS) is 1.00. The Kier molecular flexibility index (Phi) is 192. The fourth-order valence-electron chi connectivity index (χ4n) is 0. The van der Waals surface area contributed by atoms with Gasteiger partial charge in [-0.2, -0.15) is 0 Å². The Morgan fingerprint density at radius 1 is 1.25 bits per heavy atom. The summed E-state index contributed by atoms with van der Waals surface area (Å²) in [4.78, 5) is 0. The molecule has 0 amide bonds. The van der Waals surface area contributed by atoms with Crippen LogP contribution in [0.4, 0.5) is 0 Å². The topological polar surface area (TPSA) is 48.6 Å². The van der Waals surface area contributed by atoms with Gasteiger partial charge < -0.3 is 5.48 Å². The van der Waals surface area contributed by atoms with Gasteiger partial charge in [-0.25, -0.2) is 0 Å². The van der Waals surface area contributed by atoms with Crippen LogP contribution in [0.1, 0.15) is 0 Å². The molecule has 0 aromatic rings. The molecule has 0 rings (SSSR count). The SMILES string of the molecule is O.[Co].[O]=[Mo]. The summed E-state index contributed by atoms with van der Waals surface area (Å²) >= 11 is 0.700. The molecule has 0 saturated heterocycles. The van der Waals surface area contributed by atoms with E-state index < -0.39 is 0 Å². The third-order valence-corrected chi connectivity index (χ3v) is 0. The molecule has 29 valence electrons. The average Bonchev–Trinajstić information content (AvgIpc) is 1.00. The van der Waals surface area contributed by atoms with Crippen molar-refractivity contribution in [3.8, 4) is 0 Å². The summed E-state index contributed by atoms with van der Waals surface area (Å²) in [6.45, 7) is 0. The molecule has 0 aliphatic heterocycles. The minimum atomic E-state index is 0. The molecular formula is H2CoMoO2. The van der Waals surface area contributed by atoms with E-state index in [-0.39, 0.29) is 22.3 Å². The van der Waals surface area contributed by atoms with Crippen LogP contribution in [0.25, 0.3) is 0 Å². The number of rotatable bonds is 0. The summed E-state index contributed by atoms with van der Waals surface area (Å²) in [5.74, 6) is 0. The van der Waals surface area contributed by atoms with Gasteiger partial charge in [0.2, 0.25) is 0 Å². The molecule has 2 nitrogen and oxygen atoms in total. The molecule has 0 aromatic heterocycles. The molecule has 0 spiro atoms. The summed E-state index contributed by atoms with van der Waals surface area (Å²) in [5.41, 5.74) is 0. The first-order valence-corrected chi connectivity index (χ1v) is 0.986.